The first-order valence-electron chi connectivity index (χ1n) is 7.00. The Kier molecular flexibility index (Phi) is 4.15. The molecule has 0 radical (unpaired) electrons. The number of aromatic amines is 2. The van der Waals surface area contributed by atoms with Gasteiger partial charge in [0, 0.05) is 23.2 Å². The molecule has 1 amide bonds. The van der Waals surface area contributed by atoms with Crippen molar-refractivity contribution in [1.29, 1.82) is 0 Å². The molecule has 6 nitrogen and oxygen atoms in total. The normalized spacial score (nSPS) is 11.0. The molecule has 0 bridgehead atoms. The van der Waals surface area contributed by atoms with Crippen LogP contribution in [0.25, 0.3) is 10.9 Å². The molecule has 0 atom stereocenters. The monoisotopic (exact) mass is 315 g/mol. The average molecular weight is 315 g/mol. The lowest BCUT2D eigenvalue weighted by atomic mass is 10.1. The van der Waals surface area contributed by atoms with E-state index in [2.05, 4.69) is 31.5 Å². The number of H-pyrrole nitrogens is 2. The van der Waals surface area contributed by atoms with E-state index in [0.29, 0.717) is 12.2 Å². The van der Waals surface area contributed by atoms with Gasteiger partial charge in [-0.1, -0.05) is 23.4 Å². The summed E-state index contributed by atoms with van der Waals surface area (Å²) in [6.45, 7) is 4.58. The molecule has 0 aliphatic carbocycles. The van der Waals surface area contributed by atoms with Crippen molar-refractivity contribution in [3.05, 3.63) is 41.3 Å². The highest BCUT2D eigenvalue weighted by molar-refractivity contribution is 7.99. The van der Waals surface area contributed by atoms with Crippen LogP contribution in [-0.4, -0.2) is 38.4 Å². The summed E-state index contributed by atoms with van der Waals surface area (Å²) >= 11 is 1.52. The van der Waals surface area contributed by atoms with Gasteiger partial charge in [-0.3, -0.25) is 9.89 Å². The smallest absolute Gasteiger partial charge is 0.268 e. The molecular formula is C15H17N5OS. The predicted molar refractivity (Wildman–Crippen MR) is 87.2 cm³/mol. The highest BCUT2D eigenvalue weighted by atomic mass is 32.2. The Morgan fingerprint density at radius 2 is 2.23 bits per heavy atom. The van der Waals surface area contributed by atoms with Gasteiger partial charge in [-0.05, 0) is 31.5 Å². The number of hydrogen-bond donors (Lipinski definition) is 3. The third kappa shape index (κ3) is 2.99. The van der Waals surface area contributed by atoms with Gasteiger partial charge in [0.25, 0.3) is 5.91 Å². The lowest BCUT2D eigenvalue weighted by molar-refractivity contribution is 0.0951. The summed E-state index contributed by atoms with van der Waals surface area (Å²) in [5.74, 6) is 0.656. The number of benzene rings is 1. The zero-order valence-electron chi connectivity index (χ0n) is 12.4. The molecule has 22 heavy (non-hydrogen) atoms. The molecule has 3 rings (SSSR count). The zero-order chi connectivity index (χ0) is 15.5. The standard InChI is InChI=1S/C15H17N5OS/c1-9-3-4-12-11(7-9)10(2)13(19-12)14(21)16-5-6-22-15-17-8-18-20-15/h3-4,7-8,19H,5-6H2,1-2H3,(H,16,21)(H,17,18,20). The fourth-order valence-electron chi connectivity index (χ4n) is 2.33. The van der Waals surface area contributed by atoms with Crippen LogP contribution < -0.4 is 5.32 Å². The lowest BCUT2D eigenvalue weighted by Gasteiger charge is -2.03. The number of carbonyl (C=O) groups is 1. The first kappa shape index (κ1) is 14.6. The van der Waals surface area contributed by atoms with Gasteiger partial charge in [-0.15, -0.1) is 0 Å². The predicted octanol–water partition coefficient (Wildman–Crippen LogP) is 2.42. The summed E-state index contributed by atoms with van der Waals surface area (Å²) in [7, 11) is 0. The van der Waals surface area contributed by atoms with E-state index in [0.717, 1.165) is 27.4 Å². The molecule has 0 saturated heterocycles. The Hall–Kier alpha value is -2.28. The molecule has 0 saturated carbocycles. The van der Waals surface area contributed by atoms with Crippen molar-refractivity contribution in [3.63, 3.8) is 0 Å². The number of nitrogens with zero attached hydrogens (tertiary/aromatic N) is 2. The van der Waals surface area contributed by atoms with E-state index in [-0.39, 0.29) is 5.91 Å². The van der Waals surface area contributed by atoms with Gasteiger partial charge in [0.1, 0.15) is 12.0 Å². The summed E-state index contributed by atoms with van der Waals surface area (Å²) in [6.07, 6.45) is 1.47. The number of rotatable bonds is 5. The molecule has 7 heteroatoms. The molecule has 3 N–H and O–H groups in total. The minimum Gasteiger partial charge on any atom is -0.350 e. The van der Waals surface area contributed by atoms with Gasteiger partial charge < -0.3 is 10.3 Å². The van der Waals surface area contributed by atoms with Crippen molar-refractivity contribution in [2.24, 2.45) is 0 Å². The van der Waals surface area contributed by atoms with Crippen LogP contribution in [0.2, 0.25) is 0 Å². The minimum absolute atomic E-state index is 0.0791. The van der Waals surface area contributed by atoms with Crippen molar-refractivity contribution >= 4 is 28.6 Å². The second kappa shape index (κ2) is 6.23. The third-order valence-electron chi connectivity index (χ3n) is 3.46. The van der Waals surface area contributed by atoms with Gasteiger partial charge in [0.15, 0.2) is 5.16 Å². The van der Waals surface area contributed by atoms with E-state index in [4.69, 9.17) is 0 Å². The molecule has 2 heterocycles. The van der Waals surface area contributed by atoms with Crippen LogP contribution >= 0.6 is 11.8 Å². The SMILES string of the molecule is Cc1ccc2[nH]c(C(=O)NCCSc3ncn[nH]3)c(C)c2c1. The van der Waals surface area contributed by atoms with Crippen LogP contribution in [0.1, 0.15) is 21.6 Å². The molecular weight excluding hydrogens is 298 g/mol. The Balaban J connectivity index is 1.63. The zero-order valence-corrected chi connectivity index (χ0v) is 13.3. The van der Waals surface area contributed by atoms with Crippen LogP contribution in [0.3, 0.4) is 0 Å². The summed E-state index contributed by atoms with van der Waals surface area (Å²) in [5, 5.41) is 11.3. The van der Waals surface area contributed by atoms with Crippen LogP contribution in [0.15, 0.2) is 29.7 Å². The van der Waals surface area contributed by atoms with Gasteiger partial charge in [-0.2, -0.15) is 5.10 Å². The maximum absolute atomic E-state index is 12.3. The number of aromatic nitrogens is 4. The maximum atomic E-state index is 12.3. The maximum Gasteiger partial charge on any atom is 0.268 e. The molecule has 0 unspecified atom stereocenters. The van der Waals surface area contributed by atoms with E-state index in [1.807, 2.05) is 26.0 Å². The van der Waals surface area contributed by atoms with Gasteiger partial charge in [-0.25, -0.2) is 4.98 Å². The summed E-state index contributed by atoms with van der Waals surface area (Å²) in [4.78, 5) is 19.5. The van der Waals surface area contributed by atoms with E-state index >= 15 is 0 Å². The number of fused-ring (bicyclic) bond motifs is 1. The fraction of sp³-hybridized carbons (Fsp3) is 0.267. The number of carbonyl (C=O) groups excluding carboxylic acids is 1. The topological polar surface area (TPSA) is 86.5 Å². The van der Waals surface area contributed by atoms with Crippen molar-refractivity contribution in [1.82, 2.24) is 25.5 Å². The highest BCUT2D eigenvalue weighted by Crippen LogP contribution is 2.22. The number of aryl methyl sites for hydroxylation is 2. The highest BCUT2D eigenvalue weighted by Gasteiger charge is 2.14. The number of amides is 1. The molecule has 0 aliphatic rings. The second-order valence-corrected chi connectivity index (χ2v) is 6.15. The molecule has 114 valence electrons. The van der Waals surface area contributed by atoms with Crippen molar-refractivity contribution in [2.75, 3.05) is 12.3 Å². The quantitative estimate of drug-likeness (QED) is 0.498. The molecule has 0 spiro atoms. The van der Waals surface area contributed by atoms with Gasteiger partial charge >= 0.3 is 0 Å². The van der Waals surface area contributed by atoms with Crippen molar-refractivity contribution < 1.29 is 4.79 Å². The average Bonchev–Trinajstić information content (AvgIpc) is 3.12. The lowest BCUT2D eigenvalue weighted by Crippen LogP contribution is -2.26. The first-order chi connectivity index (χ1) is 10.6. The van der Waals surface area contributed by atoms with Crippen LogP contribution in [0.5, 0.6) is 0 Å². The van der Waals surface area contributed by atoms with Crippen molar-refractivity contribution in [2.45, 2.75) is 19.0 Å². The molecule has 0 fully saturated rings. The van der Waals surface area contributed by atoms with Crippen LogP contribution in [-0.2, 0) is 0 Å². The Morgan fingerprint density at radius 3 is 3.00 bits per heavy atom. The Bertz CT molecular complexity index is 794. The summed E-state index contributed by atoms with van der Waals surface area (Å²) in [5.41, 5.74) is 3.79. The van der Waals surface area contributed by atoms with Crippen LogP contribution in [0, 0.1) is 13.8 Å². The number of hydrogen-bond acceptors (Lipinski definition) is 4. The van der Waals surface area contributed by atoms with E-state index in [1.165, 1.54) is 23.7 Å². The summed E-state index contributed by atoms with van der Waals surface area (Å²) in [6, 6.07) is 6.14. The minimum atomic E-state index is -0.0791. The van der Waals surface area contributed by atoms with Gasteiger partial charge in [0.05, 0.1) is 0 Å². The molecule has 3 aromatic rings. The third-order valence-corrected chi connectivity index (χ3v) is 4.34. The summed E-state index contributed by atoms with van der Waals surface area (Å²) < 4.78 is 0. The first-order valence-corrected chi connectivity index (χ1v) is 7.99. The molecule has 2 aromatic heterocycles. The Labute approximate surface area is 132 Å². The van der Waals surface area contributed by atoms with Gasteiger partial charge in [0.2, 0.25) is 0 Å². The van der Waals surface area contributed by atoms with E-state index in [1.54, 1.807) is 0 Å². The second-order valence-electron chi connectivity index (χ2n) is 5.07. The van der Waals surface area contributed by atoms with E-state index < -0.39 is 0 Å². The van der Waals surface area contributed by atoms with Crippen LogP contribution in [0.4, 0.5) is 0 Å². The Morgan fingerprint density at radius 1 is 1.36 bits per heavy atom. The number of nitrogens with one attached hydrogen (secondary N) is 3. The largest absolute Gasteiger partial charge is 0.350 e. The fourth-order valence-corrected chi connectivity index (χ4v) is 2.97. The van der Waals surface area contributed by atoms with E-state index in [9.17, 15) is 4.79 Å². The van der Waals surface area contributed by atoms with Crippen molar-refractivity contribution in [3.8, 4) is 0 Å². The molecule has 1 aromatic carbocycles. The molecule has 0 aliphatic heterocycles. The number of thioether (sulfide) groups is 1.